The maximum atomic E-state index is 6.11. The number of aryl methyl sites for hydroxylation is 2. The summed E-state index contributed by atoms with van der Waals surface area (Å²) in [5.74, 6) is 0.680. The first-order valence-electron chi connectivity index (χ1n) is 4.31. The molecule has 0 aliphatic rings. The number of halogens is 1. The lowest BCUT2D eigenvalue weighted by Gasteiger charge is -1.94. The minimum atomic E-state index is 0.649. The van der Waals surface area contributed by atoms with Gasteiger partial charge in [0.2, 0.25) is 0 Å². The predicted molar refractivity (Wildman–Crippen MR) is 54.8 cm³/mol. The molecule has 0 spiro atoms. The van der Waals surface area contributed by atoms with Crippen molar-refractivity contribution in [2.45, 2.75) is 13.8 Å². The van der Waals surface area contributed by atoms with Crippen LogP contribution in [0.3, 0.4) is 0 Å². The van der Waals surface area contributed by atoms with Gasteiger partial charge in [-0.05, 0) is 19.9 Å². The van der Waals surface area contributed by atoms with Crippen LogP contribution >= 0.6 is 11.6 Å². The lowest BCUT2D eigenvalue weighted by molar-refractivity contribution is 0.712. The van der Waals surface area contributed by atoms with Crippen LogP contribution in [0.4, 0.5) is 0 Å². The molecule has 0 saturated heterocycles. The van der Waals surface area contributed by atoms with Crippen LogP contribution in [0.5, 0.6) is 0 Å². The first-order chi connectivity index (χ1) is 6.59. The van der Waals surface area contributed by atoms with Gasteiger partial charge in [0.1, 0.15) is 5.02 Å². The van der Waals surface area contributed by atoms with E-state index in [0.717, 1.165) is 11.4 Å². The van der Waals surface area contributed by atoms with Crippen molar-refractivity contribution in [1.29, 1.82) is 0 Å². The quantitative estimate of drug-likeness (QED) is 0.721. The second-order valence-corrected chi connectivity index (χ2v) is 3.63. The fourth-order valence-electron chi connectivity index (χ4n) is 1.24. The molecule has 0 bridgehead atoms. The number of hydrogen-bond acceptors (Lipinski definition) is 2. The minimum Gasteiger partial charge on any atom is -0.269 e. The number of hydrogen-bond donors (Lipinski definition) is 0. The van der Waals surface area contributed by atoms with Crippen molar-refractivity contribution in [1.82, 2.24) is 19.6 Å². The Labute approximate surface area is 87.1 Å². The van der Waals surface area contributed by atoms with Crippen molar-refractivity contribution in [3.8, 4) is 5.82 Å². The Morgan fingerprint density at radius 3 is 2.43 bits per heavy atom. The van der Waals surface area contributed by atoms with Crippen LogP contribution in [-0.4, -0.2) is 19.6 Å². The van der Waals surface area contributed by atoms with Gasteiger partial charge in [0.05, 0.1) is 11.4 Å². The molecule has 0 fully saturated rings. The third-order valence-electron chi connectivity index (χ3n) is 2.18. The lowest BCUT2D eigenvalue weighted by Crippen LogP contribution is -1.98. The van der Waals surface area contributed by atoms with Crippen LogP contribution in [0.2, 0.25) is 5.02 Å². The summed E-state index contributed by atoms with van der Waals surface area (Å²) in [7, 11) is 1.86. The molecule has 2 heterocycles. The van der Waals surface area contributed by atoms with Crippen molar-refractivity contribution in [2.24, 2.45) is 7.05 Å². The van der Waals surface area contributed by atoms with Crippen molar-refractivity contribution in [2.75, 3.05) is 0 Å². The maximum absolute atomic E-state index is 6.11. The topological polar surface area (TPSA) is 35.6 Å². The van der Waals surface area contributed by atoms with E-state index in [-0.39, 0.29) is 0 Å². The summed E-state index contributed by atoms with van der Waals surface area (Å²) in [6, 6.07) is 1.92. The molecule has 0 unspecified atom stereocenters. The van der Waals surface area contributed by atoms with Crippen molar-refractivity contribution in [3.63, 3.8) is 0 Å². The van der Waals surface area contributed by atoms with Crippen LogP contribution in [-0.2, 0) is 7.05 Å². The van der Waals surface area contributed by atoms with E-state index < -0.39 is 0 Å². The van der Waals surface area contributed by atoms with Gasteiger partial charge >= 0.3 is 0 Å². The maximum Gasteiger partial charge on any atom is 0.194 e. The fourth-order valence-corrected chi connectivity index (χ4v) is 1.49. The Balaban J connectivity index is 2.57. The van der Waals surface area contributed by atoms with Gasteiger partial charge in [0.15, 0.2) is 5.82 Å². The smallest absolute Gasteiger partial charge is 0.194 e. The highest BCUT2D eigenvalue weighted by atomic mass is 35.5. The summed E-state index contributed by atoms with van der Waals surface area (Å²) in [5.41, 5.74) is 1.89. The largest absolute Gasteiger partial charge is 0.269 e. The Hall–Kier alpha value is -1.29. The molecule has 0 aromatic carbocycles. The van der Waals surface area contributed by atoms with Crippen LogP contribution in [0, 0.1) is 13.8 Å². The predicted octanol–water partition coefficient (Wildman–Crippen LogP) is 1.88. The first kappa shape index (κ1) is 9.27. The molecule has 2 aromatic heterocycles. The molecule has 0 saturated carbocycles. The lowest BCUT2D eigenvalue weighted by atomic mass is 10.4. The van der Waals surface area contributed by atoms with Gasteiger partial charge in [-0.25, -0.2) is 4.68 Å². The van der Waals surface area contributed by atoms with E-state index in [1.807, 2.05) is 33.2 Å². The molecule has 0 amide bonds. The van der Waals surface area contributed by atoms with Gasteiger partial charge < -0.3 is 0 Å². The van der Waals surface area contributed by atoms with Gasteiger partial charge in [0, 0.05) is 13.2 Å². The standard InChI is InChI=1S/C9H11ClN4/c1-6-4-5-14(11-6)9-8(10)7(2)13(3)12-9/h4-5H,1-3H3. The Morgan fingerprint density at radius 1 is 1.29 bits per heavy atom. The number of rotatable bonds is 1. The molecule has 74 valence electrons. The first-order valence-corrected chi connectivity index (χ1v) is 4.69. The zero-order valence-electron chi connectivity index (χ0n) is 8.32. The molecule has 0 N–H and O–H groups in total. The third kappa shape index (κ3) is 1.32. The van der Waals surface area contributed by atoms with Crippen LogP contribution in [0.25, 0.3) is 5.82 Å². The van der Waals surface area contributed by atoms with Crippen molar-refractivity contribution < 1.29 is 0 Å². The molecule has 0 radical (unpaired) electrons. The highest BCUT2D eigenvalue weighted by Crippen LogP contribution is 2.22. The van der Waals surface area contributed by atoms with Crippen LogP contribution < -0.4 is 0 Å². The second kappa shape index (κ2) is 3.13. The monoisotopic (exact) mass is 210 g/mol. The Bertz CT molecular complexity index is 469. The summed E-state index contributed by atoms with van der Waals surface area (Å²) in [5, 5.41) is 9.18. The molecule has 0 atom stereocenters. The molecule has 2 rings (SSSR count). The highest BCUT2D eigenvalue weighted by molar-refractivity contribution is 6.32. The van der Waals surface area contributed by atoms with E-state index in [1.54, 1.807) is 9.36 Å². The van der Waals surface area contributed by atoms with Gasteiger partial charge in [-0.2, -0.15) is 10.2 Å². The molecular formula is C9H11ClN4. The molecule has 5 heteroatoms. The zero-order valence-corrected chi connectivity index (χ0v) is 9.08. The molecule has 2 aromatic rings. The number of nitrogens with zero attached hydrogens (tertiary/aromatic N) is 4. The zero-order chi connectivity index (χ0) is 10.3. The summed E-state index contributed by atoms with van der Waals surface area (Å²) < 4.78 is 3.43. The molecule has 4 nitrogen and oxygen atoms in total. The average molecular weight is 211 g/mol. The number of aromatic nitrogens is 4. The van der Waals surface area contributed by atoms with E-state index in [1.165, 1.54) is 0 Å². The Kier molecular flexibility index (Phi) is 2.07. The molecule has 14 heavy (non-hydrogen) atoms. The summed E-state index contributed by atoms with van der Waals surface area (Å²) >= 11 is 6.11. The van der Waals surface area contributed by atoms with E-state index >= 15 is 0 Å². The van der Waals surface area contributed by atoms with Crippen molar-refractivity contribution in [3.05, 3.63) is 28.7 Å². The Morgan fingerprint density at radius 2 is 2.00 bits per heavy atom. The summed E-state index contributed by atoms with van der Waals surface area (Å²) in [4.78, 5) is 0. The van der Waals surface area contributed by atoms with E-state index in [2.05, 4.69) is 10.2 Å². The average Bonchev–Trinajstić information content (AvgIpc) is 2.66. The normalized spacial score (nSPS) is 10.9. The highest BCUT2D eigenvalue weighted by Gasteiger charge is 2.12. The van der Waals surface area contributed by atoms with Gasteiger partial charge in [-0.3, -0.25) is 4.68 Å². The minimum absolute atomic E-state index is 0.649. The van der Waals surface area contributed by atoms with Gasteiger partial charge in [-0.1, -0.05) is 11.6 Å². The SMILES string of the molecule is Cc1ccn(-c2nn(C)c(C)c2Cl)n1. The van der Waals surface area contributed by atoms with Crippen LogP contribution in [0.15, 0.2) is 12.3 Å². The van der Waals surface area contributed by atoms with Crippen LogP contribution in [0.1, 0.15) is 11.4 Å². The second-order valence-electron chi connectivity index (χ2n) is 3.25. The summed E-state index contributed by atoms with van der Waals surface area (Å²) in [6.07, 6.45) is 1.85. The molecule has 0 aliphatic carbocycles. The molecule has 0 aliphatic heterocycles. The van der Waals surface area contributed by atoms with E-state index in [9.17, 15) is 0 Å². The van der Waals surface area contributed by atoms with E-state index in [4.69, 9.17) is 11.6 Å². The van der Waals surface area contributed by atoms with E-state index in [0.29, 0.717) is 10.8 Å². The van der Waals surface area contributed by atoms with Gasteiger partial charge in [0.25, 0.3) is 0 Å². The molecular weight excluding hydrogens is 200 g/mol. The third-order valence-corrected chi connectivity index (χ3v) is 2.63. The van der Waals surface area contributed by atoms with Gasteiger partial charge in [-0.15, -0.1) is 0 Å². The summed E-state index contributed by atoms with van der Waals surface area (Å²) in [6.45, 7) is 3.86. The van der Waals surface area contributed by atoms with Crippen molar-refractivity contribution >= 4 is 11.6 Å². The fraction of sp³-hybridized carbons (Fsp3) is 0.333.